The molecule has 1 aromatic rings. The van der Waals surface area contributed by atoms with Crippen LogP contribution in [-0.2, 0) is 11.3 Å². The molecule has 112 valence electrons. The number of hydrogen-bond acceptors (Lipinski definition) is 3. The first kappa shape index (κ1) is 17.0. The number of amides is 1. The van der Waals surface area contributed by atoms with Crippen LogP contribution < -0.4 is 15.4 Å². The Bertz CT molecular complexity index is 449. The number of carbonyl (C=O) groups excluding carboxylic acids is 1. The summed E-state index contributed by atoms with van der Waals surface area (Å²) in [7, 11) is 1.64. The average molecular weight is 343 g/mol. The molecule has 1 atom stereocenters. The zero-order valence-electron chi connectivity index (χ0n) is 12.5. The van der Waals surface area contributed by atoms with Crippen LogP contribution in [0.15, 0.2) is 22.7 Å². The number of nitrogens with one attached hydrogen (secondary N) is 2. The van der Waals surface area contributed by atoms with Crippen LogP contribution >= 0.6 is 15.9 Å². The second-order valence-electron chi connectivity index (χ2n) is 5.20. The summed E-state index contributed by atoms with van der Waals surface area (Å²) in [5.41, 5.74) is 1.06. The first-order valence-corrected chi connectivity index (χ1v) is 7.56. The van der Waals surface area contributed by atoms with Crippen molar-refractivity contribution in [1.29, 1.82) is 0 Å². The summed E-state index contributed by atoms with van der Waals surface area (Å²) in [4.78, 5) is 11.9. The zero-order valence-corrected chi connectivity index (χ0v) is 14.1. The van der Waals surface area contributed by atoms with Crippen LogP contribution in [0.2, 0.25) is 0 Å². The highest BCUT2D eigenvalue weighted by Crippen LogP contribution is 2.22. The van der Waals surface area contributed by atoms with Gasteiger partial charge in [0.15, 0.2) is 0 Å². The second-order valence-corrected chi connectivity index (χ2v) is 6.05. The van der Waals surface area contributed by atoms with E-state index in [0.717, 1.165) is 15.8 Å². The van der Waals surface area contributed by atoms with Crippen molar-refractivity contribution in [2.45, 2.75) is 33.4 Å². The minimum atomic E-state index is -0.230. The molecule has 0 aliphatic rings. The fourth-order valence-electron chi connectivity index (χ4n) is 1.63. The fourth-order valence-corrected chi connectivity index (χ4v) is 2.01. The Labute approximate surface area is 129 Å². The van der Waals surface area contributed by atoms with Crippen LogP contribution in [0.3, 0.4) is 0 Å². The fraction of sp³-hybridized carbons (Fsp3) is 0.533. The second kappa shape index (κ2) is 8.27. The number of ether oxygens (including phenoxy) is 1. The van der Waals surface area contributed by atoms with E-state index < -0.39 is 0 Å². The van der Waals surface area contributed by atoms with Crippen molar-refractivity contribution in [3.05, 3.63) is 28.2 Å². The standard InChI is InChI=1S/C15H23BrN2O2/c1-10(2)8-18-15(19)11(3)17-9-12-7-13(20-4)5-6-14(12)16/h5-7,10-11,17H,8-9H2,1-4H3,(H,18,19). The van der Waals surface area contributed by atoms with Gasteiger partial charge in [-0.25, -0.2) is 0 Å². The molecule has 0 aliphatic heterocycles. The van der Waals surface area contributed by atoms with E-state index in [1.807, 2.05) is 25.1 Å². The molecule has 1 rings (SSSR count). The van der Waals surface area contributed by atoms with Crippen molar-refractivity contribution < 1.29 is 9.53 Å². The van der Waals surface area contributed by atoms with Crippen LogP contribution in [-0.4, -0.2) is 25.6 Å². The lowest BCUT2D eigenvalue weighted by molar-refractivity contribution is -0.122. The SMILES string of the molecule is COc1ccc(Br)c(CNC(C)C(=O)NCC(C)C)c1. The average Bonchev–Trinajstić information content (AvgIpc) is 2.43. The van der Waals surface area contributed by atoms with Crippen LogP contribution in [0.1, 0.15) is 26.3 Å². The number of carbonyl (C=O) groups is 1. The molecule has 0 bridgehead atoms. The zero-order chi connectivity index (χ0) is 15.1. The molecular weight excluding hydrogens is 320 g/mol. The molecule has 0 fully saturated rings. The monoisotopic (exact) mass is 342 g/mol. The molecule has 0 heterocycles. The van der Waals surface area contributed by atoms with Gasteiger partial charge in [-0.2, -0.15) is 0 Å². The number of benzene rings is 1. The third kappa shape index (κ3) is 5.51. The maximum Gasteiger partial charge on any atom is 0.236 e. The van der Waals surface area contributed by atoms with E-state index in [2.05, 4.69) is 40.4 Å². The quantitative estimate of drug-likeness (QED) is 0.800. The first-order valence-electron chi connectivity index (χ1n) is 6.77. The predicted octanol–water partition coefficient (Wildman–Crippen LogP) is 2.71. The molecule has 0 saturated carbocycles. The predicted molar refractivity (Wildman–Crippen MR) is 84.8 cm³/mol. The van der Waals surface area contributed by atoms with E-state index in [1.165, 1.54) is 0 Å². The van der Waals surface area contributed by atoms with Gasteiger partial charge >= 0.3 is 0 Å². The number of methoxy groups -OCH3 is 1. The number of hydrogen-bond donors (Lipinski definition) is 2. The summed E-state index contributed by atoms with van der Waals surface area (Å²) >= 11 is 3.50. The van der Waals surface area contributed by atoms with Gasteiger partial charge in [0, 0.05) is 17.6 Å². The Hall–Kier alpha value is -1.07. The molecule has 20 heavy (non-hydrogen) atoms. The van der Waals surface area contributed by atoms with E-state index in [-0.39, 0.29) is 11.9 Å². The summed E-state index contributed by atoms with van der Waals surface area (Å²) in [6, 6.07) is 5.56. The molecule has 2 N–H and O–H groups in total. The Kier molecular flexibility index (Phi) is 7.02. The summed E-state index contributed by atoms with van der Waals surface area (Å²) < 4.78 is 6.20. The van der Waals surface area contributed by atoms with Gasteiger partial charge < -0.3 is 15.4 Å². The summed E-state index contributed by atoms with van der Waals surface area (Å²) in [6.45, 7) is 7.32. The maximum absolute atomic E-state index is 11.9. The summed E-state index contributed by atoms with van der Waals surface area (Å²) in [5, 5.41) is 6.13. The van der Waals surface area contributed by atoms with Gasteiger partial charge in [-0.05, 0) is 36.6 Å². The van der Waals surface area contributed by atoms with Crippen molar-refractivity contribution in [3.63, 3.8) is 0 Å². The van der Waals surface area contributed by atoms with Gasteiger partial charge in [0.1, 0.15) is 5.75 Å². The Morgan fingerprint density at radius 2 is 2.05 bits per heavy atom. The van der Waals surface area contributed by atoms with Crippen LogP contribution in [0.4, 0.5) is 0 Å². The topological polar surface area (TPSA) is 50.4 Å². The third-order valence-corrected chi connectivity index (χ3v) is 3.70. The molecule has 1 amide bonds. The first-order chi connectivity index (χ1) is 9.43. The summed E-state index contributed by atoms with van der Waals surface area (Å²) in [6.07, 6.45) is 0. The van der Waals surface area contributed by atoms with E-state index in [0.29, 0.717) is 19.0 Å². The van der Waals surface area contributed by atoms with E-state index in [9.17, 15) is 4.79 Å². The van der Waals surface area contributed by atoms with Crippen molar-refractivity contribution >= 4 is 21.8 Å². The molecule has 0 aromatic heterocycles. The molecule has 4 nitrogen and oxygen atoms in total. The van der Waals surface area contributed by atoms with Crippen LogP contribution in [0.25, 0.3) is 0 Å². The lowest BCUT2D eigenvalue weighted by Crippen LogP contribution is -2.43. The van der Waals surface area contributed by atoms with Gasteiger partial charge in [0.25, 0.3) is 0 Å². The molecular formula is C15H23BrN2O2. The minimum Gasteiger partial charge on any atom is -0.497 e. The lowest BCUT2D eigenvalue weighted by atomic mass is 10.2. The van der Waals surface area contributed by atoms with Crippen LogP contribution in [0, 0.1) is 5.92 Å². The Morgan fingerprint density at radius 3 is 2.65 bits per heavy atom. The maximum atomic E-state index is 11.9. The lowest BCUT2D eigenvalue weighted by Gasteiger charge is -2.16. The van der Waals surface area contributed by atoms with Crippen molar-refractivity contribution in [3.8, 4) is 5.75 Å². The highest BCUT2D eigenvalue weighted by molar-refractivity contribution is 9.10. The molecule has 0 aliphatic carbocycles. The Balaban J connectivity index is 2.51. The number of halogens is 1. The van der Waals surface area contributed by atoms with Gasteiger partial charge in [-0.3, -0.25) is 4.79 Å². The normalized spacial score (nSPS) is 12.3. The van der Waals surface area contributed by atoms with Gasteiger partial charge in [-0.15, -0.1) is 0 Å². The molecule has 1 unspecified atom stereocenters. The van der Waals surface area contributed by atoms with Crippen molar-refractivity contribution in [2.75, 3.05) is 13.7 Å². The molecule has 0 spiro atoms. The third-order valence-electron chi connectivity index (χ3n) is 2.93. The van der Waals surface area contributed by atoms with Gasteiger partial charge in [0.2, 0.25) is 5.91 Å². The van der Waals surface area contributed by atoms with Gasteiger partial charge in [-0.1, -0.05) is 29.8 Å². The molecule has 0 radical (unpaired) electrons. The number of rotatable bonds is 7. The van der Waals surface area contributed by atoms with Crippen LogP contribution in [0.5, 0.6) is 5.75 Å². The minimum absolute atomic E-state index is 0.0257. The highest BCUT2D eigenvalue weighted by Gasteiger charge is 2.13. The van der Waals surface area contributed by atoms with E-state index in [1.54, 1.807) is 7.11 Å². The molecule has 0 saturated heterocycles. The van der Waals surface area contributed by atoms with Gasteiger partial charge in [0.05, 0.1) is 13.2 Å². The highest BCUT2D eigenvalue weighted by atomic mass is 79.9. The summed E-state index contributed by atoms with van der Waals surface area (Å²) in [5.74, 6) is 1.29. The molecule has 1 aromatic carbocycles. The largest absolute Gasteiger partial charge is 0.497 e. The van der Waals surface area contributed by atoms with E-state index >= 15 is 0 Å². The smallest absolute Gasteiger partial charge is 0.236 e. The Morgan fingerprint density at radius 1 is 1.35 bits per heavy atom. The molecule has 5 heteroatoms. The van der Waals surface area contributed by atoms with Crippen molar-refractivity contribution in [1.82, 2.24) is 10.6 Å². The van der Waals surface area contributed by atoms with E-state index in [4.69, 9.17) is 4.74 Å². The van der Waals surface area contributed by atoms with Crippen molar-refractivity contribution in [2.24, 2.45) is 5.92 Å².